The summed E-state index contributed by atoms with van der Waals surface area (Å²) in [6.07, 6.45) is 4.31. The van der Waals surface area contributed by atoms with Gasteiger partial charge in [-0.3, -0.25) is 0 Å². The molecular formula is C13H26. The molecule has 0 N–H and O–H groups in total. The largest absolute Gasteiger partial charge is 0.0651 e. The van der Waals surface area contributed by atoms with Crippen LogP contribution in [-0.4, -0.2) is 0 Å². The average molecular weight is 182 g/mol. The van der Waals surface area contributed by atoms with Crippen LogP contribution in [0.4, 0.5) is 0 Å². The van der Waals surface area contributed by atoms with Gasteiger partial charge in [-0.05, 0) is 42.4 Å². The van der Waals surface area contributed by atoms with Gasteiger partial charge in [-0.25, -0.2) is 0 Å². The van der Waals surface area contributed by atoms with Crippen LogP contribution in [0.3, 0.4) is 0 Å². The molecule has 0 aromatic carbocycles. The Morgan fingerprint density at radius 3 is 2.08 bits per heavy atom. The van der Waals surface area contributed by atoms with Gasteiger partial charge in [0.15, 0.2) is 0 Å². The van der Waals surface area contributed by atoms with E-state index in [2.05, 4.69) is 34.6 Å². The molecule has 0 heteroatoms. The van der Waals surface area contributed by atoms with Crippen molar-refractivity contribution in [3.63, 3.8) is 0 Å². The normalized spacial score (nSPS) is 31.8. The summed E-state index contributed by atoms with van der Waals surface area (Å²) in [6, 6.07) is 0. The monoisotopic (exact) mass is 182 g/mol. The fourth-order valence-corrected chi connectivity index (χ4v) is 2.52. The molecule has 0 nitrogen and oxygen atoms in total. The van der Waals surface area contributed by atoms with Gasteiger partial charge in [0.1, 0.15) is 0 Å². The fraction of sp³-hybridized carbons (Fsp3) is 1.00. The molecule has 0 heterocycles. The molecule has 0 aromatic rings. The minimum absolute atomic E-state index is 0.893. The van der Waals surface area contributed by atoms with Gasteiger partial charge in [-0.2, -0.15) is 0 Å². The summed E-state index contributed by atoms with van der Waals surface area (Å²) >= 11 is 0. The zero-order valence-corrected chi connectivity index (χ0v) is 10.0. The van der Waals surface area contributed by atoms with Gasteiger partial charge in [0, 0.05) is 0 Å². The predicted molar refractivity (Wildman–Crippen MR) is 59.7 cm³/mol. The molecule has 0 radical (unpaired) electrons. The number of hydrogen-bond donors (Lipinski definition) is 0. The molecule has 1 rings (SSSR count). The second kappa shape index (κ2) is 4.48. The second-order valence-electron chi connectivity index (χ2n) is 5.53. The summed E-state index contributed by atoms with van der Waals surface area (Å²) in [5.74, 6) is 4.92. The van der Waals surface area contributed by atoms with Gasteiger partial charge in [-0.1, -0.05) is 41.0 Å². The van der Waals surface area contributed by atoms with Crippen molar-refractivity contribution in [3.05, 3.63) is 0 Å². The zero-order chi connectivity index (χ0) is 10.0. The summed E-state index contributed by atoms with van der Waals surface area (Å²) in [5, 5.41) is 0. The number of hydrogen-bond acceptors (Lipinski definition) is 0. The van der Waals surface area contributed by atoms with Gasteiger partial charge in [0.25, 0.3) is 0 Å². The van der Waals surface area contributed by atoms with E-state index in [0.29, 0.717) is 0 Å². The third kappa shape index (κ3) is 3.00. The lowest BCUT2D eigenvalue weighted by molar-refractivity contribution is 0.261. The van der Waals surface area contributed by atoms with Crippen LogP contribution in [0.25, 0.3) is 0 Å². The molecule has 1 aliphatic carbocycles. The van der Waals surface area contributed by atoms with Crippen molar-refractivity contribution in [2.75, 3.05) is 0 Å². The Labute approximate surface area is 84.1 Å². The number of rotatable bonds is 5. The van der Waals surface area contributed by atoms with E-state index in [0.717, 1.165) is 29.6 Å². The zero-order valence-electron chi connectivity index (χ0n) is 10.0. The summed E-state index contributed by atoms with van der Waals surface area (Å²) in [6.45, 7) is 11.9. The van der Waals surface area contributed by atoms with E-state index in [1.54, 1.807) is 0 Å². The molecule has 0 bridgehead atoms. The molecule has 0 saturated heterocycles. The van der Waals surface area contributed by atoms with Gasteiger partial charge in [0.05, 0.1) is 0 Å². The maximum Gasteiger partial charge on any atom is -0.0355 e. The first-order chi connectivity index (χ1) is 6.06. The Morgan fingerprint density at radius 1 is 1.23 bits per heavy atom. The van der Waals surface area contributed by atoms with Gasteiger partial charge >= 0.3 is 0 Å². The van der Waals surface area contributed by atoms with Gasteiger partial charge < -0.3 is 0 Å². The Hall–Kier alpha value is 0. The highest BCUT2D eigenvalue weighted by Gasteiger charge is 2.40. The molecule has 0 spiro atoms. The first kappa shape index (κ1) is 11.1. The van der Waals surface area contributed by atoms with Crippen LogP contribution in [0.1, 0.15) is 53.9 Å². The van der Waals surface area contributed by atoms with Crippen molar-refractivity contribution in [3.8, 4) is 0 Å². The average Bonchev–Trinajstić information content (AvgIpc) is 2.77. The molecule has 4 unspecified atom stereocenters. The lowest BCUT2D eigenvalue weighted by atomic mass is 9.82. The molecule has 13 heavy (non-hydrogen) atoms. The summed E-state index contributed by atoms with van der Waals surface area (Å²) in [5.41, 5.74) is 0. The third-order valence-electron chi connectivity index (χ3n) is 3.95. The van der Waals surface area contributed by atoms with E-state index in [4.69, 9.17) is 0 Å². The lowest BCUT2D eigenvalue weighted by Crippen LogP contribution is -2.15. The molecule has 78 valence electrons. The Bertz CT molecular complexity index is 148. The van der Waals surface area contributed by atoms with E-state index in [1.165, 1.54) is 19.3 Å². The van der Waals surface area contributed by atoms with Crippen LogP contribution in [-0.2, 0) is 0 Å². The van der Waals surface area contributed by atoms with Crippen LogP contribution in [0.15, 0.2) is 0 Å². The van der Waals surface area contributed by atoms with Crippen molar-refractivity contribution in [1.29, 1.82) is 0 Å². The minimum atomic E-state index is 0.893. The van der Waals surface area contributed by atoms with Gasteiger partial charge in [0.2, 0.25) is 0 Å². The minimum Gasteiger partial charge on any atom is -0.0651 e. The third-order valence-corrected chi connectivity index (χ3v) is 3.95. The molecule has 0 aromatic heterocycles. The SMILES string of the molecule is CCC(C)CC(C(C)C)C1CC1C. The van der Waals surface area contributed by atoms with Crippen LogP contribution < -0.4 is 0 Å². The first-order valence-electron chi connectivity index (χ1n) is 6.06. The Kier molecular flexibility index (Phi) is 3.82. The smallest absolute Gasteiger partial charge is 0.0355 e. The standard InChI is InChI=1S/C13H26/c1-6-10(4)7-12(9(2)3)13-8-11(13)5/h9-13H,6-8H2,1-5H3. The van der Waals surface area contributed by atoms with Gasteiger partial charge in [-0.15, -0.1) is 0 Å². The lowest BCUT2D eigenvalue weighted by Gasteiger charge is -2.24. The second-order valence-corrected chi connectivity index (χ2v) is 5.53. The quantitative estimate of drug-likeness (QED) is 0.593. The Morgan fingerprint density at radius 2 is 1.77 bits per heavy atom. The van der Waals surface area contributed by atoms with E-state index >= 15 is 0 Å². The summed E-state index contributed by atoms with van der Waals surface area (Å²) < 4.78 is 0. The summed E-state index contributed by atoms with van der Waals surface area (Å²) in [4.78, 5) is 0. The van der Waals surface area contributed by atoms with Crippen LogP contribution in [0.5, 0.6) is 0 Å². The van der Waals surface area contributed by atoms with E-state index in [9.17, 15) is 0 Å². The topological polar surface area (TPSA) is 0 Å². The first-order valence-corrected chi connectivity index (χ1v) is 6.06. The summed E-state index contributed by atoms with van der Waals surface area (Å²) in [7, 11) is 0. The molecular weight excluding hydrogens is 156 g/mol. The van der Waals surface area contributed by atoms with Crippen molar-refractivity contribution in [2.45, 2.75) is 53.9 Å². The van der Waals surface area contributed by atoms with Crippen LogP contribution in [0, 0.1) is 29.6 Å². The fourth-order valence-electron chi connectivity index (χ4n) is 2.52. The van der Waals surface area contributed by atoms with Crippen molar-refractivity contribution in [2.24, 2.45) is 29.6 Å². The van der Waals surface area contributed by atoms with Crippen LogP contribution >= 0.6 is 0 Å². The Balaban J connectivity index is 2.39. The maximum atomic E-state index is 2.41. The maximum absolute atomic E-state index is 2.41. The molecule has 1 fully saturated rings. The molecule has 1 saturated carbocycles. The molecule has 4 atom stereocenters. The van der Waals surface area contributed by atoms with Crippen molar-refractivity contribution >= 4 is 0 Å². The van der Waals surface area contributed by atoms with Crippen molar-refractivity contribution in [1.82, 2.24) is 0 Å². The van der Waals surface area contributed by atoms with E-state index in [-0.39, 0.29) is 0 Å². The molecule has 1 aliphatic rings. The highest BCUT2D eigenvalue weighted by Crippen LogP contribution is 2.48. The van der Waals surface area contributed by atoms with Crippen LogP contribution in [0.2, 0.25) is 0 Å². The molecule has 0 amide bonds. The van der Waals surface area contributed by atoms with E-state index in [1.807, 2.05) is 0 Å². The van der Waals surface area contributed by atoms with E-state index < -0.39 is 0 Å². The van der Waals surface area contributed by atoms with Crippen molar-refractivity contribution < 1.29 is 0 Å². The predicted octanol–water partition coefficient (Wildman–Crippen LogP) is 4.35. The highest BCUT2D eigenvalue weighted by atomic mass is 14.5. The molecule has 0 aliphatic heterocycles. The highest BCUT2D eigenvalue weighted by molar-refractivity contribution is 4.89.